The molecule has 0 saturated heterocycles. The molecule has 0 radical (unpaired) electrons. The van der Waals surface area contributed by atoms with Crippen molar-refractivity contribution >= 4 is 11.6 Å². The van der Waals surface area contributed by atoms with Crippen LogP contribution in [0.1, 0.15) is 47.8 Å². The fraction of sp³-hybridized carbons (Fsp3) is 0.296. The normalized spacial score (nSPS) is 14.1. The van der Waals surface area contributed by atoms with E-state index in [2.05, 4.69) is 22.2 Å². The minimum Gasteiger partial charge on any atom is -0.461 e. The summed E-state index contributed by atoms with van der Waals surface area (Å²) < 4.78 is 57.4. The summed E-state index contributed by atoms with van der Waals surface area (Å²) in [5.41, 5.74) is 2.19. The molecule has 0 unspecified atom stereocenters. The Kier molecular flexibility index (Phi) is 9.34. The van der Waals surface area contributed by atoms with E-state index in [1.807, 2.05) is 18.2 Å². The maximum atomic E-state index is 13.5. The molecule has 0 fully saturated rings. The summed E-state index contributed by atoms with van der Waals surface area (Å²) in [5, 5.41) is 7.28. The fourth-order valence-electron chi connectivity index (χ4n) is 3.79. The third-order valence-electron chi connectivity index (χ3n) is 5.64. The second-order valence-corrected chi connectivity index (χ2v) is 8.74. The molecule has 0 spiro atoms. The summed E-state index contributed by atoms with van der Waals surface area (Å²) in [6.45, 7) is 5.43. The number of aryl methyl sites for hydroxylation is 1. The van der Waals surface area contributed by atoms with Crippen molar-refractivity contribution in [2.75, 3.05) is 7.05 Å². The van der Waals surface area contributed by atoms with Crippen molar-refractivity contribution in [1.29, 1.82) is 0 Å². The van der Waals surface area contributed by atoms with Crippen molar-refractivity contribution in [3.05, 3.63) is 107 Å². The van der Waals surface area contributed by atoms with Gasteiger partial charge < -0.3 is 10.1 Å². The number of aromatic nitrogens is 1. The van der Waals surface area contributed by atoms with Crippen molar-refractivity contribution in [1.82, 2.24) is 15.6 Å². The van der Waals surface area contributed by atoms with Crippen LogP contribution >= 0.6 is 11.6 Å². The van der Waals surface area contributed by atoms with Gasteiger partial charge in [-0.05, 0) is 59.9 Å². The highest BCUT2D eigenvalue weighted by atomic mass is 35.5. The first-order chi connectivity index (χ1) is 17.1. The zero-order valence-electron chi connectivity index (χ0n) is 19.9. The second kappa shape index (κ2) is 12.2. The molecule has 2 N–H and O–H groups in total. The number of pyridine rings is 1. The summed E-state index contributed by atoms with van der Waals surface area (Å²) in [5.74, 6) is 0.376. The van der Waals surface area contributed by atoms with E-state index in [0.717, 1.165) is 17.2 Å². The number of hydrogen-bond donors (Lipinski definition) is 2. The van der Waals surface area contributed by atoms with Crippen molar-refractivity contribution in [3.8, 4) is 5.75 Å². The molecule has 1 aromatic heterocycles. The van der Waals surface area contributed by atoms with Gasteiger partial charge in [0, 0.05) is 36.9 Å². The van der Waals surface area contributed by atoms with Crippen molar-refractivity contribution < 1.29 is 22.3 Å². The predicted molar refractivity (Wildman–Crippen MR) is 133 cm³/mol. The average Bonchev–Trinajstić information content (AvgIpc) is 2.84. The zero-order chi connectivity index (χ0) is 26.3. The highest BCUT2D eigenvalue weighted by Gasteiger charge is 2.32. The van der Waals surface area contributed by atoms with Gasteiger partial charge in [0.2, 0.25) is 6.36 Å². The van der Waals surface area contributed by atoms with Crippen LogP contribution in [0.2, 0.25) is 5.02 Å². The minimum absolute atomic E-state index is 0.281. The minimum atomic E-state index is -4.49. The number of hydrogen-bond acceptors (Lipinski definition) is 4. The molecule has 0 amide bonds. The number of alkyl halides is 4. The fourth-order valence-corrected chi connectivity index (χ4v) is 3.91. The zero-order valence-corrected chi connectivity index (χ0v) is 20.7. The predicted octanol–water partition coefficient (Wildman–Crippen LogP) is 7.19. The van der Waals surface area contributed by atoms with Gasteiger partial charge in [-0.25, -0.2) is 4.39 Å². The quantitative estimate of drug-likeness (QED) is 0.262. The molecule has 36 heavy (non-hydrogen) atoms. The van der Waals surface area contributed by atoms with Crippen LogP contribution < -0.4 is 15.4 Å². The topological polar surface area (TPSA) is 46.2 Å². The first-order valence-electron chi connectivity index (χ1n) is 11.4. The van der Waals surface area contributed by atoms with E-state index < -0.39 is 18.2 Å². The van der Waals surface area contributed by atoms with Crippen LogP contribution in [0, 0.1) is 0 Å². The Morgan fingerprint density at radius 3 is 2.39 bits per heavy atom. The van der Waals surface area contributed by atoms with Crippen LogP contribution in [0.4, 0.5) is 17.6 Å². The van der Waals surface area contributed by atoms with Gasteiger partial charge >= 0.3 is 6.18 Å². The lowest BCUT2D eigenvalue weighted by molar-refractivity contribution is -0.141. The molecule has 0 saturated carbocycles. The largest absolute Gasteiger partial charge is 0.461 e. The smallest absolute Gasteiger partial charge is 0.433 e. The molecule has 9 heteroatoms. The third kappa shape index (κ3) is 7.70. The second-order valence-electron chi connectivity index (χ2n) is 8.30. The number of nitrogens with one attached hydrogen (secondary N) is 2. The molecule has 3 aromatic rings. The van der Waals surface area contributed by atoms with Gasteiger partial charge in [-0.2, -0.15) is 13.2 Å². The molecule has 0 bridgehead atoms. The highest BCUT2D eigenvalue weighted by Crippen LogP contribution is 2.31. The molecule has 192 valence electrons. The van der Waals surface area contributed by atoms with Gasteiger partial charge in [0.25, 0.3) is 0 Å². The Bertz CT molecular complexity index is 1140. The van der Waals surface area contributed by atoms with Gasteiger partial charge in [0.05, 0.1) is 6.04 Å². The Hall–Kier alpha value is -3.10. The van der Waals surface area contributed by atoms with E-state index in [-0.39, 0.29) is 12.1 Å². The molecular formula is C27H28ClF4N3O. The van der Waals surface area contributed by atoms with Gasteiger partial charge in [-0.15, -0.1) is 0 Å². The standard InChI is InChI=1S/C27H28ClF4N3O/c1-17(33-3)26(20-9-11-22(28)12-10-20)35-24(21-5-4-6-23(15-21)36-18(2)29)13-7-19-8-14-25(34-16-19)27(30,31)32/h4-6,8-12,14-16,18,24,26,33,35H,1,7,13H2,2-3H3/t18-,24+,26+/m1/s1. The molecule has 0 aliphatic heterocycles. The highest BCUT2D eigenvalue weighted by molar-refractivity contribution is 6.30. The van der Waals surface area contributed by atoms with Crippen molar-refractivity contribution in [2.24, 2.45) is 0 Å². The summed E-state index contributed by atoms with van der Waals surface area (Å²) in [6, 6.07) is 16.2. The Morgan fingerprint density at radius 2 is 1.81 bits per heavy atom. The van der Waals surface area contributed by atoms with Crippen LogP contribution in [0.25, 0.3) is 0 Å². The molecule has 2 aromatic carbocycles. The molecule has 0 aliphatic rings. The monoisotopic (exact) mass is 521 g/mol. The molecule has 3 atom stereocenters. The number of benzene rings is 2. The number of ether oxygens (including phenoxy) is 1. The lowest BCUT2D eigenvalue weighted by atomic mass is 9.96. The average molecular weight is 522 g/mol. The van der Waals surface area contributed by atoms with Crippen LogP contribution in [0.3, 0.4) is 0 Å². The summed E-state index contributed by atoms with van der Waals surface area (Å²) in [4.78, 5) is 3.56. The van der Waals surface area contributed by atoms with E-state index in [9.17, 15) is 17.6 Å². The lowest BCUT2D eigenvalue weighted by Crippen LogP contribution is -2.31. The maximum Gasteiger partial charge on any atom is 0.433 e. The first kappa shape index (κ1) is 27.5. The van der Waals surface area contributed by atoms with Crippen LogP contribution in [-0.2, 0) is 12.6 Å². The molecular weight excluding hydrogens is 494 g/mol. The first-order valence-corrected chi connectivity index (χ1v) is 11.8. The van der Waals surface area contributed by atoms with Crippen molar-refractivity contribution in [2.45, 2.75) is 44.4 Å². The van der Waals surface area contributed by atoms with E-state index >= 15 is 0 Å². The molecule has 4 nitrogen and oxygen atoms in total. The lowest BCUT2D eigenvalue weighted by Gasteiger charge is -2.28. The Balaban J connectivity index is 1.90. The van der Waals surface area contributed by atoms with Gasteiger partial charge in [-0.1, -0.05) is 48.5 Å². The molecule has 3 rings (SSSR count). The molecule has 0 aliphatic carbocycles. The van der Waals surface area contributed by atoms with E-state index in [4.69, 9.17) is 16.3 Å². The SMILES string of the molecule is C=C(NC)[C@H](N[C@@H](CCc1ccc(C(F)(F)F)nc1)c1cccc(O[C@H](C)F)c1)c1ccc(Cl)cc1. The van der Waals surface area contributed by atoms with Gasteiger partial charge in [-0.3, -0.25) is 10.3 Å². The molecule has 1 heterocycles. The summed E-state index contributed by atoms with van der Waals surface area (Å²) in [7, 11) is 1.77. The number of nitrogens with zero attached hydrogens (tertiary/aromatic N) is 1. The van der Waals surface area contributed by atoms with Crippen LogP contribution in [0.5, 0.6) is 5.75 Å². The third-order valence-corrected chi connectivity index (χ3v) is 5.89. The van der Waals surface area contributed by atoms with E-state index in [1.165, 1.54) is 19.2 Å². The summed E-state index contributed by atoms with van der Waals surface area (Å²) in [6.07, 6.45) is -3.76. The summed E-state index contributed by atoms with van der Waals surface area (Å²) >= 11 is 6.07. The van der Waals surface area contributed by atoms with Crippen molar-refractivity contribution in [3.63, 3.8) is 0 Å². The van der Waals surface area contributed by atoms with Gasteiger partial charge in [0.15, 0.2) is 0 Å². The number of halogens is 5. The maximum absolute atomic E-state index is 13.5. The van der Waals surface area contributed by atoms with E-state index in [1.54, 1.807) is 37.4 Å². The number of likely N-dealkylation sites (N-methyl/N-ethyl adjacent to an activating group) is 1. The van der Waals surface area contributed by atoms with Crippen LogP contribution in [-0.4, -0.2) is 18.4 Å². The number of rotatable bonds is 11. The van der Waals surface area contributed by atoms with Gasteiger partial charge in [0.1, 0.15) is 11.4 Å². The van der Waals surface area contributed by atoms with E-state index in [0.29, 0.717) is 34.9 Å². The Labute approximate surface area is 213 Å². The van der Waals surface area contributed by atoms with Crippen LogP contribution in [0.15, 0.2) is 79.1 Å². The Morgan fingerprint density at radius 1 is 1.08 bits per heavy atom.